The number of ether oxygens (including phenoxy) is 1. The number of aryl methyl sites for hydroxylation is 1. The number of nitrogens with zero attached hydrogens (tertiary/aromatic N) is 2. The summed E-state index contributed by atoms with van der Waals surface area (Å²) in [5, 5.41) is 0.573. The van der Waals surface area contributed by atoms with Crippen molar-refractivity contribution in [3.63, 3.8) is 0 Å². The van der Waals surface area contributed by atoms with Gasteiger partial charge in [0.2, 0.25) is 0 Å². The van der Waals surface area contributed by atoms with Crippen molar-refractivity contribution in [2.75, 3.05) is 6.61 Å². The Hall–Kier alpha value is -0.670. The first-order chi connectivity index (χ1) is 7.66. The summed E-state index contributed by atoms with van der Waals surface area (Å²) in [6, 6.07) is 0. The van der Waals surface area contributed by atoms with Crippen LogP contribution in [0.2, 0.25) is 5.15 Å². The average molecular weight is 241 g/mol. The summed E-state index contributed by atoms with van der Waals surface area (Å²) in [6.07, 6.45) is 2.86. The molecule has 0 N–H and O–H groups in total. The molecule has 0 aromatic carbocycles. The van der Waals surface area contributed by atoms with E-state index < -0.39 is 0 Å². The molecule has 3 nitrogen and oxygen atoms in total. The van der Waals surface area contributed by atoms with E-state index in [-0.39, 0.29) is 0 Å². The second-order valence-electron chi connectivity index (χ2n) is 4.59. The lowest BCUT2D eigenvalue weighted by atomic mass is 10.1. The Morgan fingerprint density at radius 1 is 1.38 bits per heavy atom. The fourth-order valence-electron chi connectivity index (χ4n) is 1.77. The van der Waals surface area contributed by atoms with Crippen molar-refractivity contribution in [1.82, 2.24) is 9.97 Å². The van der Waals surface area contributed by atoms with Gasteiger partial charge in [0, 0.05) is 18.4 Å². The predicted molar refractivity (Wildman–Crippen MR) is 63.6 cm³/mol. The van der Waals surface area contributed by atoms with E-state index in [1.807, 2.05) is 0 Å². The van der Waals surface area contributed by atoms with Crippen molar-refractivity contribution in [3.05, 3.63) is 22.2 Å². The van der Waals surface area contributed by atoms with E-state index in [0.717, 1.165) is 43.0 Å². The summed E-state index contributed by atoms with van der Waals surface area (Å²) in [7, 11) is 0. The first-order valence-corrected chi connectivity index (χ1v) is 6.16. The van der Waals surface area contributed by atoms with Gasteiger partial charge in [-0.25, -0.2) is 9.97 Å². The number of rotatable bonds is 3. The third kappa shape index (κ3) is 2.71. The Balaban J connectivity index is 2.18. The van der Waals surface area contributed by atoms with Crippen LogP contribution in [0.4, 0.5) is 0 Å². The molecule has 0 unspecified atom stereocenters. The Labute approximate surface area is 101 Å². The standard InChI is InChI=1S/C12H17ClN2O/c1-8(2)3-4-11-14-10-5-6-16-7-9(10)12(13)15-11/h8H,3-7H2,1-2H3. The smallest absolute Gasteiger partial charge is 0.138 e. The summed E-state index contributed by atoms with van der Waals surface area (Å²) < 4.78 is 5.35. The molecule has 0 radical (unpaired) electrons. The topological polar surface area (TPSA) is 35.0 Å². The fourth-order valence-corrected chi connectivity index (χ4v) is 2.03. The molecule has 0 aliphatic carbocycles. The Bertz CT molecular complexity index is 380. The minimum atomic E-state index is 0.554. The monoisotopic (exact) mass is 240 g/mol. The largest absolute Gasteiger partial charge is 0.376 e. The summed E-state index contributed by atoms with van der Waals surface area (Å²) in [5.41, 5.74) is 2.05. The molecule has 0 bridgehead atoms. The van der Waals surface area contributed by atoms with Crippen molar-refractivity contribution in [1.29, 1.82) is 0 Å². The molecule has 0 amide bonds. The van der Waals surface area contributed by atoms with Gasteiger partial charge in [-0.3, -0.25) is 0 Å². The van der Waals surface area contributed by atoms with E-state index in [0.29, 0.717) is 17.7 Å². The molecule has 1 aliphatic rings. The van der Waals surface area contributed by atoms with E-state index >= 15 is 0 Å². The van der Waals surface area contributed by atoms with Crippen molar-refractivity contribution in [2.45, 2.75) is 39.7 Å². The van der Waals surface area contributed by atoms with E-state index in [1.165, 1.54) is 0 Å². The van der Waals surface area contributed by atoms with Gasteiger partial charge in [-0.1, -0.05) is 25.4 Å². The molecular formula is C12H17ClN2O. The lowest BCUT2D eigenvalue weighted by Crippen LogP contribution is -2.15. The van der Waals surface area contributed by atoms with Crippen LogP contribution in [0.3, 0.4) is 0 Å². The molecule has 1 aromatic heterocycles. The predicted octanol–water partition coefficient (Wildman–Crippen LogP) is 2.79. The highest BCUT2D eigenvalue weighted by Gasteiger charge is 2.16. The SMILES string of the molecule is CC(C)CCc1nc(Cl)c2c(n1)CCOC2. The highest BCUT2D eigenvalue weighted by molar-refractivity contribution is 6.30. The molecule has 0 spiro atoms. The number of hydrogen-bond donors (Lipinski definition) is 0. The Morgan fingerprint density at radius 2 is 2.19 bits per heavy atom. The first-order valence-electron chi connectivity index (χ1n) is 5.78. The maximum Gasteiger partial charge on any atom is 0.138 e. The van der Waals surface area contributed by atoms with Crippen molar-refractivity contribution in [3.8, 4) is 0 Å². The van der Waals surface area contributed by atoms with Gasteiger partial charge in [-0.2, -0.15) is 0 Å². The van der Waals surface area contributed by atoms with E-state index in [4.69, 9.17) is 16.3 Å². The molecule has 1 aromatic rings. The van der Waals surface area contributed by atoms with Crippen LogP contribution >= 0.6 is 11.6 Å². The lowest BCUT2D eigenvalue weighted by Gasteiger charge is -2.17. The summed E-state index contributed by atoms with van der Waals surface area (Å²) in [5.74, 6) is 1.54. The second-order valence-corrected chi connectivity index (χ2v) is 4.95. The van der Waals surface area contributed by atoms with Crippen LogP contribution in [0.1, 0.15) is 37.4 Å². The fraction of sp³-hybridized carbons (Fsp3) is 0.667. The van der Waals surface area contributed by atoms with Gasteiger partial charge in [0.15, 0.2) is 0 Å². The molecule has 0 fully saturated rings. The van der Waals surface area contributed by atoms with Gasteiger partial charge in [-0.15, -0.1) is 0 Å². The number of fused-ring (bicyclic) bond motifs is 1. The van der Waals surface area contributed by atoms with E-state index in [2.05, 4.69) is 23.8 Å². The second kappa shape index (κ2) is 5.11. The van der Waals surface area contributed by atoms with Gasteiger partial charge in [0.1, 0.15) is 11.0 Å². The maximum absolute atomic E-state index is 6.13. The van der Waals surface area contributed by atoms with Crippen LogP contribution in [-0.4, -0.2) is 16.6 Å². The van der Waals surface area contributed by atoms with Crippen LogP contribution in [0, 0.1) is 5.92 Å². The zero-order valence-corrected chi connectivity index (χ0v) is 10.5. The molecule has 88 valence electrons. The van der Waals surface area contributed by atoms with Crippen LogP contribution in [0.15, 0.2) is 0 Å². The van der Waals surface area contributed by atoms with Crippen molar-refractivity contribution < 1.29 is 4.74 Å². The van der Waals surface area contributed by atoms with Gasteiger partial charge >= 0.3 is 0 Å². The first kappa shape index (κ1) is 11.8. The number of halogens is 1. The Morgan fingerprint density at radius 3 is 2.94 bits per heavy atom. The minimum Gasteiger partial charge on any atom is -0.376 e. The van der Waals surface area contributed by atoms with Gasteiger partial charge in [-0.05, 0) is 12.3 Å². The van der Waals surface area contributed by atoms with Crippen LogP contribution in [0.5, 0.6) is 0 Å². The van der Waals surface area contributed by atoms with E-state index in [1.54, 1.807) is 0 Å². The molecule has 2 rings (SSSR count). The molecular weight excluding hydrogens is 224 g/mol. The van der Waals surface area contributed by atoms with Gasteiger partial charge < -0.3 is 4.74 Å². The molecule has 0 saturated carbocycles. The van der Waals surface area contributed by atoms with Gasteiger partial charge in [0.05, 0.1) is 18.9 Å². The normalized spacial score (nSPS) is 15.2. The zero-order valence-electron chi connectivity index (χ0n) is 9.79. The lowest BCUT2D eigenvalue weighted by molar-refractivity contribution is 0.108. The van der Waals surface area contributed by atoms with E-state index in [9.17, 15) is 0 Å². The van der Waals surface area contributed by atoms with Crippen molar-refractivity contribution in [2.24, 2.45) is 5.92 Å². The van der Waals surface area contributed by atoms with Gasteiger partial charge in [0.25, 0.3) is 0 Å². The Kier molecular flexibility index (Phi) is 3.77. The summed E-state index contributed by atoms with van der Waals surface area (Å²) in [4.78, 5) is 8.90. The van der Waals surface area contributed by atoms with Crippen molar-refractivity contribution >= 4 is 11.6 Å². The number of hydrogen-bond acceptors (Lipinski definition) is 3. The molecule has 0 atom stereocenters. The van der Waals surface area contributed by atoms with Crippen LogP contribution < -0.4 is 0 Å². The molecule has 0 saturated heterocycles. The van der Waals surface area contributed by atoms with Crippen LogP contribution in [-0.2, 0) is 24.2 Å². The van der Waals surface area contributed by atoms with Crippen LogP contribution in [0.25, 0.3) is 0 Å². The summed E-state index contributed by atoms with van der Waals surface area (Å²) in [6.45, 7) is 5.70. The summed E-state index contributed by atoms with van der Waals surface area (Å²) >= 11 is 6.13. The average Bonchev–Trinajstić information content (AvgIpc) is 2.26. The zero-order chi connectivity index (χ0) is 11.5. The molecule has 4 heteroatoms. The maximum atomic E-state index is 6.13. The molecule has 1 aliphatic heterocycles. The third-order valence-electron chi connectivity index (χ3n) is 2.76. The quantitative estimate of drug-likeness (QED) is 0.762. The third-order valence-corrected chi connectivity index (χ3v) is 3.08. The molecule has 2 heterocycles. The highest BCUT2D eigenvalue weighted by Crippen LogP contribution is 2.22. The molecule has 16 heavy (non-hydrogen) atoms. The number of aromatic nitrogens is 2. The highest BCUT2D eigenvalue weighted by atomic mass is 35.5. The minimum absolute atomic E-state index is 0.554.